The fourth-order valence-corrected chi connectivity index (χ4v) is 3.52. The van der Waals surface area contributed by atoms with Gasteiger partial charge in [0, 0.05) is 26.2 Å². The molecule has 35 heavy (non-hydrogen) atoms. The third-order valence-corrected chi connectivity index (χ3v) is 5.21. The zero-order valence-corrected chi connectivity index (χ0v) is 22.1. The number of nitrogens with one attached hydrogen (secondary N) is 1. The fraction of sp³-hybridized carbons (Fsp3) is 0.783. The molecule has 1 fully saturated rings. The van der Waals surface area contributed by atoms with Gasteiger partial charge >= 0.3 is 12.2 Å². The van der Waals surface area contributed by atoms with Crippen molar-refractivity contribution >= 4 is 18.1 Å². The first kappa shape index (κ1) is 28.3. The summed E-state index contributed by atoms with van der Waals surface area (Å²) in [5, 5.41) is 21.0. The van der Waals surface area contributed by atoms with Gasteiger partial charge in [-0.15, -0.1) is 5.10 Å². The molecule has 12 nitrogen and oxygen atoms in total. The van der Waals surface area contributed by atoms with Crippen LogP contribution in [-0.4, -0.2) is 92.0 Å². The van der Waals surface area contributed by atoms with Gasteiger partial charge in [-0.3, -0.25) is 4.79 Å². The topological polar surface area (TPSA) is 139 Å². The quantitative estimate of drug-likeness (QED) is 0.610. The Kier molecular flexibility index (Phi) is 9.10. The highest BCUT2D eigenvalue weighted by atomic mass is 16.6. The van der Waals surface area contributed by atoms with Crippen LogP contribution in [0.15, 0.2) is 6.20 Å². The largest absolute Gasteiger partial charge is 0.444 e. The third kappa shape index (κ3) is 8.37. The second-order valence-corrected chi connectivity index (χ2v) is 11.0. The van der Waals surface area contributed by atoms with Crippen molar-refractivity contribution in [2.24, 2.45) is 5.92 Å². The Bertz CT molecular complexity index is 880. The number of nitrogens with zero attached hydrogens (tertiary/aromatic N) is 5. The molecule has 2 heterocycles. The predicted molar refractivity (Wildman–Crippen MR) is 127 cm³/mol. The molecule has 1 saturated heterocycles. The molecule has 2 N–H and O–H groups in total. The second kappa shape index (κ2) is 11.2. The highest BCUT2D eigenvalue weighted by molar-refractivity contribution is 5.81. The molecule has 0 unspecified atom stereocenters. The van der Waals surface area contributed by atoms with Gasteiger partial charge in [0.1, 0.15) is 16.9 Å². The number of amides is 3. The summed E-state index contributed by atoms with van der Waals surface area (Å²) in [6, 6.07) is -1.47. The van der Waals surface area contributed by atoms with E-state index in [0.717, 1.165) is 0 Å². The van der Waals surface area contributed by atoms with Crippen molar-refractivity contribution < 1.29 is 29.0 Å². The van der Waals surface area contributed by atoms with Crippen LogP contribution in [0.25, 0.3) is 0 Å². The molecule has 1 aromatic rings. The van der Waals surface area contributed by atoms with Crippen molar-refractivity contribution in [3.8, 4) is 0 Å². The smallest absolute Gasteiger partial charge is 0.410 e. The fourth-order valence-electron chi connectivity index (χ4n) is 3.52. The standard InChI is InChI=1S/C23H40N6O6/c1-15(2)18(24-20(32)34-22(3,4)5)16-13-29(26-25-16)17(14-30)19(31)27-9-11-28(12-10-27)21(33)35-23(6,7)8/h13,15,17-18,30H,9-12,14H2,1-8H3,(H,24,32)/t17-,18+/m0/s1. The summed E-state index contributed by atoms with van der Waals surface area (Å²) in [7, 11) is 0. The number of piperazine rings is 1. The normalized spacial score (nSPS) is 16.6. The molecule has 0 spiro atoms. The Labute approximate surface area is 206 Å². The zero-order valence-electron chi connectivity index (χ0n) is 22.1. The molecule has 0 saturated carbocycles. The molecule has 2 atom stereocenters. The number of aliphatic hydroxyl groups excluding tert-OH is 1. The van der Waals surface area contributed by atoms with Crippen LogP contribution in [0, 0.1) is 5.92 Å². The minimum Gasteiger partial charge on any atom is -0.444 e. The van der Waals surface area contributed by atoms with Gasteiger partial charge in [-0.05, 0) is 47.5 Å². The summed E-state index contributed by atoms with van der Waals surface area (Å²) in [5.74, 6) is -0.356. The highest BCUT2D eigenvalue weighted by Crippen LogP contribution is 2.22. The van der Waals surface area contributed by atoms with E-state index in [-0.39, 0.29) is 11.8 Å². The van der Waals surface area contributed by atoms with Crippen LogP contribution in [0.4, 0.5) is 9.59 Å². The number of ether oxygens (including phenoxy) is 2. The van der Waals surface area contributed by atoms with Crippen LogP contribution in [-0.2, 0) is 14.3 Å². The zero-order chi connectivity index (χ0) is 26.6. The lowest BCUT2D eigenvalue weighted by molar-refractivity contribution is -0.138. The van der Waals surface area contributed by atoms with Gasteiger partial charge in [-0.2, -0.15) is 0 Å². The molecule has 1 aliphatic rings. The summed E-state index contributed by atoms with van der Waals surface area (Å²) < 4.78 is 12.0. The van der Waals surface area contributed by atoms with E-state index < -0.39 is 42.1 Å². The summed E-state index contributed by atoms with van der Waals surface area (Å²) in [6.45, 7) is 15.4. The number of rotatable bonds is 6. The minimum absolute atomic E-state index is 0.0307. The molecule has 3 amide bonds. The lowest BCUT2D eigenvalue weighted by atomic mass is 10.0. The molecule has 0 aromatic carbocycles. The maximum atomic E-state index is 13.1. The molecule has 12 heteroatoms. The van der Waals surface area contributed by atoms with E-state index in [4.69, 9.17) is 9.47 Å². The van der Waals surface area contributed by atoms with Crippen molar-refractivity contribution in [2.45, 2.75) is 78.7 Å². The van der Waals surface area contributed by atoms with Crippen LogP contribution in [0.3, 0.4) is 0 Å². The van der Waals surface area contributed by atoms with E-state index in [1.54, 1.807) is 57.5 Å². The molecule has 0 bridgehead atoms. The Balaban J connectivity index is 2.06. The molecule has 1 aliphatic heterocycles. The van der Waals surface area contributed by atoms with Gasteiger partial charge in [-0.1, -0.05) is 19.1 Å². The van der Waals surface area contributed by atoms with Crippen LogP contribution >= 0.6 is 0 Å². The maximum absolute atomic E-state index is 13.1. The lowest BCUT2D eigenvalue weighted by Gasteiger charge is -2.36. The van der Waals surface area contributed by atoms with Crippen LogP contribution in [0.1, 0.15) is 73.2 Å². The van der Waals surface area contributed by atoms with Crippen molar-refractivity contribution in [2.75, 3.05) is 32.8 Å². The molecule has 1 aromatic heterocycles. The van der Waals surface area contributed by atoms with E-state index in [1.165, 1.54) is 4.68 Å². The highest BCUT2D eigenvalue weighted by Gasteiger charge is 2.33. The van der Waals surface area contributed by atoms with Crippen LogP contribution in [0.2, 0.25) is 0 Å². The van der Waals surface area contributed by atoms with Gasteiger partial charge in [-0.25, -0.2) is 14.3 Å². The van der Waals surface area contributed by atoms with Gasteiger partial charge in [0.15, 0.2) is 6.04 Å². The summed E-state index contributed by atoms with van der Waals surface area (Å²) in [6.07, 6.45) is 0.558. The number of carbonyl (C=O) groups excluding carboxylic acids is 3. The van der Waals surface area contributed by atoms with Crippen molar-refractivity contribution in [3.05, 3.63) is 11.9 Å². The van der Waals surface area contributed by atoms with Gasteiger partial charge in [0.2, 0.25) is 5.91 Å². The monoisotopic (exact) mass is 496 g/mol. The molecular weight excluding hydrogens is 456 g/mol. The number of aliphatic hydroxyl groups is 1. The Morgan fingerprint density at radius 1 is 1.00 bits per heavy atom. The summed E-state index contributed by atoms with van der Waals surface area (Å²) in [5.41, 5.74) is -0.791. The molecule has 0 aliphatic carbocycles. The van der Waals surface area contributed by atoms with E-state index >= 15 is 0 Å². The van der Waals surface area contributed by atoms with E-state index in [2.05, 4.69) is 15.6 Å². The first-order valence-corrected chi connectivity index (χ1v) is 11.9. The van der Waals surface area contributed by atoms with Gasteiger partial charge in [0.25, 0.3) is 0 Å². The number of alkyl carbamates (subject to hydrolysis) is 1. The van der Waals surface area contributed by atoms with Gasteiger partial charge in [0.05, 0.1) is 18.8 Å². The van der Waals surface area contributed by atoms with E-state index in [9.17, 15) is 19.5 Å². The van der Waals surface area contributed by atoms with Crippen molar-refractivity contribution in [3.63, 3.8) is 0 Å². The minimum atomic E-state index is -0.973. The SMILES string of the molecule is CC(C)[C@@H](NC(=O)OC(C)(C)C)c1cn([C@@H](CO)C(=O)N2CCN(C(=O)OC(C)(C)C)CC2)nn1. The second-order valence-electron chi connectivity index (χ2n) is 11.0. The molecule has 198 valence electrons. The first-order valence-electron chi connectivity index (χ1n) is 11.9. The molecule has 2 rings (SSSR count). The number of hydrogen-bond acceptors (Lipinski definition) is 8. The number of hydrogen-bond donors (Lipinski definition) is 2. The van der Waals surface area contributed by atoms with E-state index in [0.29, 0.717) is 31.9 Å². The van der Waals surface area contributed by atoms with Crippen LogP contribution in [0.5, 0.6) is 0 Å². The summed E-state index contributed by atoms with van der Waals surface area (Å²) >= 11 is 0. The number of aromatic nitrogens is 3. The molecular formula is C23H40N6O6. The maximum Gasteiger partial charge on any atom is 0.410 e. The Morgan fingerprint density at radius 2 is 1.54 bits per heavy atom. The average Bonchev–Trinajstić information content (AvgIpc) is 3.19. The van der Waals surface area contributed by atoms with Crippen LogP contribution < -0.4 is 5.32 Å². The Hall–Kier alpha value is -2.89. The van der Waals surface area contributed by atoms with Crippen molar-refractivity contribution in [1.82, 2.24) is 30.1 Å². The first-order chi connectivity index (χ1) is 16.1. The lowest BCUT2D eigenvalue weighted by Crippen LogP contribution is -2.53. The van der Waals surface area contributed by atoms with Crippen molar-refractivity contribution in [1.29, 1.82) is 0 Å². The van der Waals surface area contributed by atoms with E-state index in [1.807, 2.05) is 13.8 Å². The average molecular weight is 497 g/mol. The predicted octanol–water partition coefficient (Wildman–Crippen LogP) is 2.11. The molecule has 0 radical (unpaired) electrons. The third-order valence-electron chi connectivity index (χ3n) is 5.21. The number of carbonyl (C=O) groups is 3. The Morgan fingerprint density at radius 3 is 2.03 bits per heavy atom. The summed E-state index contributed by atoms with van der Waals surface area (Å²) in [4.78, 5) is 40.8. The van der Waals surface area contributed by atoms with Gasteiger partial charge < -0.3 is 29.7 Å².